The average molecular weight is 336 g/mol. The van der Waals surface area contributed by atoms with Crippen molar-refractivity contribution in [1.82, 2.24) is 25.2 Å². The molecule has 0 N–H and O–H groups in total. The standard InChI is InChI=1S/C17H16N6O2/c24-17(15-5-8-19-25-15)23-11-9-22(10-12-23)16-2-1-14(20-21-16)13-3-6-18-7-4-13/h1-8H,9-12H2. The summed E-state index contributed by atoms with van der Waals surface area (Å²) in [5.41, 5.74) is 1.79. The molecule has 0 aromatic carbocycles. The van der Waals surface area contributed by atoms with Crippen molar-refractivity contribution in [2.24, 2.45) is 0 Å². The molecule has 25 heavy (non-hydrogen) atoms. The molecule has 1 aliphatic rings. The summed E-state index contributed by atoms with van der Waals surface area (Å²) in [4.78, 5) is 20.1. The van der Waals surface area contributed by atoms with Gasteiger partial charge in [0, 0.05) is 50.2 Å². The Morgan fingerprint density at radius 3 is 2.36 bits per heavy atom. The number of hydrogen-bond donors (Lipinski definition) is 0. The van der Waals surface area contributed by atoms with Gasteiger partial charge in [0.2, 0.25) is 5.76 Å². The number of rotatable bonds is 3. The molecule has 3 aromatic rings. The topological polar surface area (TPSA) is 88.3 Å². The Labute approximate surface area is 144 Å². The molecule has 3 aromatic heterocycles. The molecule has 0 saturated carbocycles. The molecule has 126 valence electrons. The number of carbonyl (C=O) groups excluding carboxylic acids is 1. The third-order valence-corrected chi connectivity index (χ3v) is 4.17. The van der Waals surface area contributed by atoms with Crippen molar-refractivity contribution in [2.75, 3.05) is 31.1 Å². The van der Waals surface area contributed by atoms with Crippen LogP contribution in [0, 0.1) is 0 Å². The molecule has 0 unspecified atom stereocenters. The van der Waals surface area contributed by atoms with Gasteiger partial charge < -0.3 is 14.3 Å². The number of pyridine rings is 1. The number of piperazine rings is 1. The van der Waals surface area contributed by atoms with E-state index in [-0.39, 0.29) is 11.7 Å². The quantitative estimate of drug-likeness (QED) is 0.716. The first kappa shape index (κ1) is 15.3. The van der Waals surface area contributed by atoms with E-state index in [0.717, 1.165) is 17.1 Å². The van der Waals surface area contributed by atoms with E-state index in [0.29, 0.717) is 26.2 Å². The predicted octanol–water partition coefficient (Wildman–Crippen LogP) is 1.49. The van der Waals surface area contributed by atoms with Crippen LogP contribution < -0.4 is 4.90 Å². The summed E-state index contributed by atoms with van der Waals surface area (Å²) < 4.78 is 4.93. The molecule has 8 heteroatoms. The van der Waals surface area contributed by atoms with E-state index in [1.807, 2.05) is 24.3 Å². The molecular weight excluding hydrogens is 320 g/mol. The van der Waals surface area contributed by atoms with Crippen molar-refractivity contribution < 1.29 is 9.32 Å². The van der Waals surface area contributed by atoms with Crippen molar-refractivity contribution in [2.45, 2.75) is 0 Å². The Morgan fingerprint density at radius 1 is 0.920 bits per heavy atom. The third kappa shape index (κ3) is 3.18. The minimum absolute atomic E-state index is 0.128. The normalized spacial score (nSPS) is 14.6. The Bertz CT molecular complexity index is 827. The van der Waals surface area contributed by atoms with Gasteiger partial charge in [0.05, 0.1) is 11.9 Å². The fourth-order valence-electron chi connectivity index (χ4n) is 2.79. The van der Waals surface area contributed by atoms with Crippen LogP contribution in [0.15, 0.2) is 53.4 Å². The number of carbonyl (C=O) groups is 1. The number of aromatic nitrogens is 4. The highest BCUT2D eigenvalue weighted by Crippen LogP contribution is 2.19. The summed E-state index contributed by atoms with van der Waals surface area (Å²) in [5, 5.41) is 12.2. The van der Waals surface area contributed by atoms with E-state index < -0.39 is 0 Å². The maximum Gasteiger partial charge on any atom is 0.292 e. The van der Waals surface area contributed by atoms with Gasteiger partial charge in [-0.15, -0.1) is 10.2 Å². The lowest BCUT2D eigenvalue weighted by Gasteiger charge is -2.34. The monoisotopic (exact) mass is 336 g/mol. The van der Waals surface area contributed by atoms with Crippen molar-refractivity contribution >= 4 is 11.7 Å². The van der Waals surface area contributed by atoms with Crippen LogP contribution in [0.5, 0.6) is 0 Å². The maximum absolute atomic E-state index is 12.2. The summed E-state index contributed by atoms with van der Waals surface area (Å²) in [6, 6.07) is 9.29. The molecule has 0 bridgehead atoms. The smallest absolute Gasteiger partial charge is 0.292 e. The number of nitrogens with zero attached hydrogens (tertiary/aromatic N) is 6. The first-order valence-electron chi connectivity index (χ1n) is 8.00. The predicted molar refractivity (Wildman–Crippen MR) is 89.9 cm³/mol. The van der Waals surface area contributed by atoms with E-state index in [1.54, 1.807) is 23.4 Å². The van der Waals surface area contributed by atoms with Crippen molar-refractivity contribution in [3.63, 3.8) is 0 Å². The van der Waals surface area contributed by atoms with Crippen LogP contribution in [-0.2, 0) is 0 Å². The van der Waals surface area contributed by atoms with Gasteiger partial charge in [-0.25, -0.2) is 0 Å². The maximum atomic E-state index is 12.2. The second-order valence-corrected chi connectivity index (χ2v) is 5.67. The molecule has 1 amide bonds. The average Bonchev–Trinajstić information content (AvgIpc) is 3.23. The van der Waals surface area contributed by atoms with Crippen LogP contribution in [0.3, 0.4) is 0 Å². The second-order valence-electron chi connectivity index (χ2n) is 5.67. The molecule has 1 saturated heterocycles. The molecule has 1 fully saturated rings. The molecule has 4 rings (SSSR count). The lowest BCUT2D eigenvalue weighted by Crippen LogP contribution is -2.49. The van der Waals surface area contributed by atoms with Gasteiger partial charge in [0.1, 0.15) is 0 Å². The summed E-state index contributed by atoms with van der Waals surface area (Å²) in [6.07, 6.45) is 4.94. The molecule has 0 spiro atoms. The summed E-state index contributed by atoms with van der Waals surface area (Å²) in [5.74, 6) is 0.954. The minimum Gasteiger partial charge on any atom is -0.352 e. The highest BCUT2D eigenvalue weighted by Gasteiger charge is 2.24. The van der Waals surface area contributed by atoms with Crippen LogP contribution >= 0.6 is 0 Å². The summed E-state index contributed by atoms with van der Waals surface area (Å²) in [6.45, 7) is 2.60. The van der Waals surface area contributed by atoms with Crippen LogP contribution in [0.4, 0.5) is 5.82 Å². The van der Waals surface area contributed by atoms with Gasteiger partial charge >= 0.3 is 0 Å². The molecule has 1 aliphatic heterocycles. The van der Waals surface area contributed by atoms with E-state index in [1.165, 1.54) is 6.20 Å². The fraction of sp³-hybridized carbons (Fsp3) is 0.235. The third-order valence-electron chi connectivity index (χ3n) is 4.17. The fourth-order valence-corrected chi connectivity index (χ4v) is 2.79. The van der Waals surface area contributed by atoms with Gasteiger partial charge in [0.15, 0.2) is 5.82 Å². The van der Waals surface area contributed by atoms with E-state index in [2.05, 4.69) is 25.2 Å². The molecule has 4 heterocycles. The van der Waals surface area contributed by atoms with Gasteiger partial charge in [-0.2, -0.15) is 0 Å². The zero-order chi connectivity index (χ0) is 17.1. The Morgan fingerprint density at radius 2 is 1.72 bits per heavy atom. The lowest BCUT2D eigenvalue weighted by atomic mass is 10.2. The zero-order valence-electron chi connectivity index (χ0n) is 13.4. The van der Waals surface area contributed by atoms with Crippen LogP contribution in [0.1, 0.15) is 10.6 Å². The SMILES string of the molecule is O=C(c1ccno1)N1CCN(c2ccc(-c3ccncc3)nn2)CC1. The molecule has 0 aliphatic carbocycles. The molecule has 8 nitrogen and oxygen atoms in total. The highest BCUT2D eigenvalue weighted by molar-refractivity contribution is 5.91. The zero-order valence-corrected chi connectivity index (χ0v) is 13.4. The number of amides is 1. The molecule has 0 atom stereocenters. The van der Waals surface area contributed by atoms with E-state index in [4.69, 9.17) is 4.52 Å². The second kappa shape index (κ2) is 6.68. The molecule has 0 radical (unpaired) electrons. The first-order chi connectivity index (χ1) is 12.3. The van der Waals surface area contributed by atoms with Gasteiger partial charge in [0.25, 0.3) is 5.91 Å². The number of anilines is 1. The lowest BCUT2D eigenvalue weighted by molar-refractivity contribution is 0.0704. The first-order valence-corrected chi connectivity index (χ1v) is 8.00. The van der Waals surface area contributed by atoms with Gasteiger partial charge in [-0.05, 0) is 24.3 Å². The Hall–Kier alpha value is -3.29. The van der Waals surface area contributed by atoms with Gasteiger partial charge in [-0.3, -0.25) is 9.78 Å². The number of hydrogen-bond acceptors (Lipinski definition) is 7. The van der Waals surface area contributed by atoms with Crippen molar-refractivity contribution in [3.8, 4) is 11.3 Å². The van der Waals surface area contributed by atoms with Crippen LogP contribution in [0.2, 0.25) is 0 Å². The van der Waals surface area contributed by atoms with Crippen molar-refractivity contribution in [3.05, 3.63) is 54.7 Å². The highest BCUT2D eigenvalue weighted by atomic mass is 16.5. The largest absolute Gasteiger partial charge is 0.352 e. The van der Waals surface area contributed by atoms with Crippen molar-refractivity contribution in [1.29, 1.82) is 0 Å². The van der Waals surface area contributed by atoms with Crippen LogP contribution in [0.25, 0.3) is 11.3 Å². The van der Waals surface area contributed by atoms with Crippen LogP contribution in [-0.4, -0.2) is 57.3 Å². The van der Waals surface area contributed by atoms with E-state index in [9.17, 15) is 4.79 Å². The van der Waals surface area contributed by atoms with E-state index >= 15 is 0 Å². The minimum atomic E-state index is -0.128. The Balaban J connectivity index is 1.40. The summed E-state index contributed by atoms with van der Waals surface area (Å²) >= 11 is 0. The van der Waals surface area contributed by atoms with Gasteiger partial charge in [-0.1, -0.05) is 5.16 Å². The molecular formula is C17H16N6O2. The Kier molecular flexibility index (Phi) is 4.07. The summed E-state index contributed by atoms with van der Waals surface area (Å²) in [7, 11) is 0.